The zero-order valence-electron chi connectivity index (χ0n) is 12.5. The van der Waals surface area contributed by atoms with Crippen LogP contribution in [0.1, 0.15) is 10.4 Å². The molecular weight excluding hydrogens is 320 g/mol. The first-order valence-corrected chi connectivity index (χ1v) is 8.58. The molecule has 3 rings (SSSR count). The standard InChI is InChI=1S/C16H19ClN2O2S/c1-12-4-7-22-15(12)10-19-5-6-20-14(9-19)11-21-16-3-2-13(17)8-18-16/h2-4,7-8,14H,5-6,9-11H2,1H3. The van der Waals surface area contributed by atoms with E-state index in [9.17, 15) is 0 Å². The third-order valence-electron chi connectivity index (χ3n) is 3.68. The van der Waals surface area contributed by atoms with Gasteiger partial charge in [0.2, 0.25) is 5.88 Å². The summed E-state index contributed by atoms with van der Waals surface area (Å²) in [6, 6.07) is 5.72. The number of hydrogen-bond donors (Lipinski definition) is 0. The number of pyridine rings is 1. The Morgan fingerprint density at radius 2 is 2.36 bits per heavy atom. The van der Waals surface area contributed by atoms with Crippen molar-refractivity contribution in [1.82, 2.24) is 9.88 Å². The van der Waals surface area contributed by atoms with Gasteiger partial charge in [-0.25, -0.2) is 4.98 Å². The highest BCUT2D eigenvalue weighted by Gasteiger charge is 2.22. The molecule has 2 aromatic rings. The van der Waals surface area contributed by atoms with Crippen molar-refractivity contribution in [2.24, 2.45) is 0 Å². The average Bonchev–Trinajstić information content (AvgIpc) is 2.92. The van der Waals surface area contributed by atoms with Crippen LogP contribution in [0.3, 0.4) is 0 Å². The monoisotopic (exact) mass is 338 g/mol. The third kappa shape index (κ3) is 4.20. The average molecular weight is 339 g/mol. The molecule has 1 unspecified atom stereocenters. The topological polar surface area (TPSA) is 34.6 Å². The number of halogens is 1. The lowest BCUT2D eigenvalue weighted by Gasteiger charge is -2.32. The summed E-state index contributed by atoms with van der Waals surface area (Å²) in [7, 11) is 0. The van der Waals surface area contributed by atoms with Crippen LogP contribution in [0.25, 0.3) is 0 Å². The predicted molar refractivity (Wildman–Crippen MR) is 88.8 cm³/mol. The van der Waals surface area contributed by atoms with E-state index < -0.39 is 0 Å². The molecule has 0 aromatic carbocycles. The molecule has 3 heterocycles. The Hall–Kier alpha value is -1.14. The van der Waals surface area contributed by atoms with Crippen molar-refractivity contribution < 1.29 is 9.47 Å². The second kappa shape index (κ2) is 7.42. The summed E-state index contributed by atoms with van der Waals surface area (Å²) in [5, 5.41) is 2.76. The van der Waals surface area contributed by atoms with Crippen molar-refractivity contribution in [2.75, 3.05) is 26.3 Å². The van der Waals surface area contributed by atoms with E-state index in [-0.39, 0.29) is 6.10 Å². The van der Waals surface area contributed by atoms with Crippen molar-refractivity contribution in [3.63, 3.8) is 0 Å². The van der Waals surface area contributed by atoms with E-state index >= 15 is 0 Å². The van der Waals surface area contributed by atoms with Crippen LogP contribution in [0.4, 0.5) is 0 Å². The van der Waals surface area contributed by atoms with Crippen molar-refractivity contribution in [3.8, 4) is 5.88 Å². The maximum atomic E-state index is 5.81. The van der Waals surface area contributed by atoms with Gasteiger partial charge < -0.3 is 9.47 Å². The highest BCUT2D eigenvalue weighted by Crippen LogP contribution is 2.19. The van der Waals surface area contributed by atoms with Crippen molar-refractivity contribution in [3.05, 3.63) is 45.2 Å². The van der Waals surface area contributed by atoms with Gasteiger partial charge in [-0.3, -0.25) is 4.90 Å². The Morgan fingerprint density at radius 3 is 3.09 bits per heavy atom. The molecule has 0 aliphatic carbocycles. The molecule has 1 fully saturated rings. The number of hydrogen-bond acceptors (Lipinski definition) is 5. The molecule has 2 aromatic heterocycles. The summed E-state index contributed by atoms with van der Waals surface area (Å²) in [4.78, 5) is 7.99. The number of rotatable bonds is 5. The predicted octanol–water partition coefficient (Wildman–Crippen LogP) is 3.38. The van der Waals surface area contributed by atoms with E-state index in [0.29, 0.717) is 17.5 Å². The molecule has 1 aliphatic heterocycles. The van der Waals surface area contributed by atoms with Crippen LogP contribution < -0.4 is 4.74 Å². The van der Waals surface area contributed by atoms with E-state index in [1.165, 1.54) is 10.4 Å². The highest BCUT2D eigenvalue weighted by atomic mass is 35.5. The summed E-state index contributed by atoms with van der Waals surface area (Å²) < 4.78 is 11.5. The van der Waals surface area contributed by atoms with Crippen molar-refractivity contribution >= 4 is 22.9 Å². The summed E-state index contributed by atoms with van der Waals surface area (Å²) >= 11 is 7.63. The Balaban J connectivity index is 1.50. The normalized spacial score (nSPS) is 19.3. The van der Waals surface area contributed by atoms with Crippen LogP contribution in [-0.4, -0.2) is 42.3 Å². The number of aryl methyl sites for hydroxylation is 1. The lowest BCUT2D eigenvalue weighted by molar-refractivity contribution is -0.0508. The van der Waals surface area contributed by atoms with Gasteiger partial charge in [0, 0.05) is 36.8 Å². The molecule has 0 radical (unpaired) electrons. The van der Waals surface area contributed by atoms with E-state index in [0.717, 1.165) is 26.2 Å². The van der Waals surface area contributed by atoms with E-state index in [1.807, 2.05) is 11.3 Å². The van der Waals surface area contributed by atoms with Crippen LogP contribution in [0.15, 0.2) is 29.8 Å². The van der Waals surface area contributed by atoms with Gasteiger partial charge in [-0.05, 0) is 30.0 Å². The quantitative estimate of drug-likeness (QED) is 0.837. The van der Waals surface area contributed by atoms with Gasteiger partial charge in [-0.2, -0.15) is 0 Å². The molecule has 0 N–H and O–H groups in total. The first-order valence-electron chi connectivity index (χ1n) is 7.32. The van der Waals surface area contributed by atoms with Gasteiger partial charge in [-0.1, -0.05) is 11.6 Å². The summed E-state index contributed by atoms with van der Waals surface area (Å²) in [5.74, 6) is 0.583. The minimum atomic E-state index is 0.0755. The molecule has 22 heavy (non-hydrogen) atoms. The fraction of sp³-hybridized carbons (Fsp3) is 0.438. The number of nitrogens with zero attached hydrogens (tertiary/aromatic N) is 2. The maximum absolute atomic E-state index is 5.81. The Bertz CT molecular complexity index is 602. The van der Waals surface area contributed by atoms with Gasteiger partial charge in [0.05, 0.1) is 11.6 Å². The smallest absolute Gasteiger partial charge is 0.213 e. The van der Waals surface area contributed by atoms with E-state index in [4.69, 9.17) is 21.1 Å². The lowest BCUT2D eigenvalue weighted by Crippen LogP contribution is -2.44. The molecule has 4 nitrogen and oxygen atoms in total. The van der Waals surface area contributed by atoms with Crippen LogP contribution in [0.5, 0.6) is 5.88 Å². The summed E-state index contributed by atoms with van der Waals surface area (Å²) in [5.41, 5.74) is 1.37. The van der Waals surface area contributed by atoms with Gasteiger partial charge in [0.25, 0.3) is 0 Å². The largest absolute Gasteiger partial charge is 0.475 e. The molecule has 1 saturated heterocycles. The Kier molecular flexibility index (Phi) is 5.31. The lowest BCUT2D eigenvalue weighted by atomic mass is 10.2. The minimum absolute atomic E-state index is 0.0755. The number of aromatic nitrogens is 1. The molecule has 6 heteroatoms. The molecule has 0 saturated carbocycles. The van der Waals surface area contributed by atoms with Gasteiger partial charge >= 0.3 is 0 Å². The molecule has 118 valence electrons. The van der Waals surface area contributed by atoms with Crippen LogP contribution in [-0.2, 0) is 11.3 Å². The SMILES string of the molecule is Cc1ccsc1CN1CCOC(COc2ccc(Cl)cn2)C1. The minimum Gasteiger partial charge on any atom is -0.475 e. The summed E-state index contributed by atoms with van der Waals surface area (Å²) in [6.07, 6.45) is 1.66. The zero-order chi connectivity index (χ0) is 15.4. The number of thiophene rings is 1. The first-order chi connectivity index (χ1) is 10.7. The fourth-order valence-corrected chi connectivity index (χ4v) is 3.48. The van der Waals surface area contributed by atoms with E-state index in [2.05, 4.69) is 28.3 Å². The highest BCUT2D eigenvalue weighted by molar-refractivity contribution is 7.10. The molecule has 1 aliphatic rings. The van der Waals surface area contributed by atoms with Crippen molar-refractivity contribution in [1.29, 1.82) is 0 Å². The molecular formula is C16H19ClN2O2S. The molecule has 0 spiro atoms. The second-order valence-corrected chi connectivity index (χ2v) is 6.82. The fourth-order valence-electron chi connectivity index (χ4n) is 2.42. The number of morpholine rings is 1. The van der Waals surface area contributed by atoms with Crippen LogP contribution in [0.2, 0.25) is 5.02 Å². The first kappa shape index (κ1) is 15.7. The number of ether oxygens (including phenoxy) is 2. The van der Waals surface area contributed by atoms with Crippen LogP contribution in [0, 0.1) is 6.92 Å². The molecule has 0 amide bonds. The second-order valence-electron chi connectivity index (χ2n) is 5.38. The van der Waals surface area contributed by atoms with E-state index in [1.54, 1.807) is 18.3 Å². The van der Waals surface area contributed by atoms with Crippen molar-refractivity contribution in [2.45, 2.75) is 19.6 Å². The van der Waals surface area contributed by atoms with Gasteiger partial charge in [0.1, 0.15) is 12.7 Å². The zero-order valence-corrected chi connectivity index (χ0v) is 14.1. The van der Waals surface area contributed by atoms with Gasteiger partial charge in [0.15, 0.2) is 0 Å². The maximum Gasteiger partial charge on any atom is 0.213 e. The molecule has 1 atom stereocenters. The van der Waals surface area contributed by atoms with Crippen LogP contribution >= 0.6 is 22.9 Å². The summed E-state index contributed by atoms with van der Waals surface area (Å²) in [6.45, 7) is 6.25. The molecule has 0 bridgehead atoms. The Labute approximate surface area is 139 Å². The van der Waals surface area contributed by atoms with Gasteiger partial charge in [-0.15, -0.1) is 11.3 Å². The third-order valence-corrected chi connectivity index (χ3v) is 4.91. The Morgan fingerprint density at radius 1 is 1.45 bits per heavy atom.